The number of aromatic nitrogens is 2. The molecule has 1 saturated heterocycles. The van der Waals surface area contributed by atoms with Crippen molar-refractivity contribution in [1.29, 1.82) is 0 Å². The van der Waals surface area contributed by atoms with Crippen molar-refractivity contribution in [3.63, 3.8) is 0 Å². The second-order valence-electron chi connectivity index (χ2n) is 4.31. The Morgan fingerprint density at radius 2 is 2.41 bits per heavy atom. The average molecular weight is 257 g/mol. The molecule has 1 unspecified atom stereocenters. The van der Waals surface area contributed by atoms with Gasteiger partial charge in [-0.05, 0) is 19.6 Å². The molecule has 0 radical (unpaired) electrons. The summed E-state index contributed by atoms with van der Waals surface area (Å²) in [6, 6.07) is 0. The summed E-state index contributed by atoms with van der Waals surface area (Å²) in [4.78, 5) is 6.68. The van der Waals surface area contributed by atoms with Crippen LogP contribution in [-0.2, 0) is 17.0 Å². The maximum Gasteiger partial charge on any atom is 0.240 e. The van der Waals surface area contributed by atoms with Gasteiger partial charge in [-0.2, -0.15) is 16.7 Å². The zero-order chi connectivity index (χ0) is 12.1. The van der Waals surface area contributed by atoms with E-state index in [1.54, 1.807) is 11.8 Å². The number of hydrogen-bond donors (Lipinski definition) is 0. The standard InChI is InChI=1S/C11H19N3O2S/c1-9-6-14(4-3-5-15-9)7-11-12-10(8-17-2)13-16-11/h9H,3-8H2,1-2H3. The van der Waals surface area contributed by atoms with Crippen LogP contribution in [0.15, 0.2) is 4.52 Å². The summed E-state index contributed by atoms with van der Waals surface area (Å²) in [6.45, 7) is 5.64. The topological polar surface area (TPSA) is 51.4 Å². The van der Waals surface area contributed by atoms with Crippen LogP contribution in [0.2, 0.25) is 0 Å². The molecule has 2 heterocycles. The average Bonchev–Trinajstić information content (AvgIpc) is 2.62. The molecular formula is C11H19N3O2S. The largest absolute Gasteiger partial charge is 0.377 e. The highest BCUT2D eigenvalue weighted by atomic mass is 32.2. The van der Waals surface area contributed by atoms with E-state index >= 15 is 0 Å². The van der Waals surface area contributed by atoms with E-state index < -0.39 is 0 Å². The minimum absolute atomic E-state index is 0.283. The van der Waals surface area contributed by atoms with Gasteiger partial charge in [0.25, 0.3) is 0 Å². The van der Waals surface area contributed by atoms with E-state index in [1.807, 2.05) is 6.26 Å². The molecule has 1 fully saturated rings. The normalized spacial score (nSPS) is 22.6. The van der Waals surface area contributed by atoms with Crippen LogP contribution in [0.3, 0.4) is 0 Å². The molecule has 0 N–H and O–H groups in total. The van der Waals surface area contributed by atoms with Gasteiger partial charge in [0.1, 0.15) is 0 Å². The maximum absolute atomic E-state index is 5.60. The van der Waals surface area contributed by atoms with E-state index in [4.69, 9.17) is 9.26 Å². The molecule has 0 aromatic carbocycles. The van der Waals surface area contributed by atoms with Crippen LogP contribution < -0.4 is 0 Å². The van der Waals surface area contributed by atoms with Crippen LogP contribution >= 0.6 is 11.8 Å². The number of hydrogen-bond acceptors (Lipinski definition) is 6. The van der Waals surface area contributed by atoms with Crippen molar-refractivity contribution < 1.29 is 9.26 Å². The summed E-state index contributed by atoms with van der Waals surface area (Å²) in [5.41, 5.74) is 0. The predicted molar refractivity (Wildman–Crippen MR) is 66.8 cm³/mol. The zero-order valence-corrected chi connectivity index (χ0v) is 11.2. The number of thioether (sulfide) groups is 1. The van der Waals surface area contributed by atoms with Crippen molar-refractivity contribution in [2.75, 3.05) is 26.0 Å². The molecular weight excluding hydrogens is 238 g/mol. The van der Waals surface area contributed by atoms with Crippen molar-refractivity contribution in [3.8, 4) is 0 Å². The second kappa shape index (κ2) is 6.37. The third-order valence-electron chi connectivity index (χ3n) is 2.68. The fourth-order valence-electron chi connectivity index (χ4n) is 1.96. The Kier molecular flexibility index (Phi) is 4.82. The van der Waals surface area contributed by atoms with E-state index in [-0.39, 0.29) is 6.10 Å². The Hall–Kier alpha value is -0.590. The van der Waals surface area contributed by atoms with E-state index in [2.05, 4.69) is 22.0 Å². The fourth-order valence-corrected chi connectivity index (χ4v) is 2.33. The van der Waals surface area contributed by atoms with Gasteiger partial charge < -0.3 is 9.26 Å². The van der Waals surface area contributed by atoms with Gasteiger partial charge in [-0.3, -0.25) is 4.90 Å². The highest BCUT2D eigenvalue weighted by Gasteiger charge is 2.17. The molecule has 1 atom stereocenters. The summed E-state index contributed by atoms with van der Waals surface area (Å²) >= 11 is 1.70. The van der Waals surface area contributed by atoms with Crippen LogP contribution in [0.1, 0.15) is 25.1 Å². The Bertz CT molecular complexity index is 345. The molecule has 0 amide bonds. The fraction of sp³-hybridized carbons (Fsp3) is 0.818. The van der Waals surface area contributed by atoms with Crippen molar-refractivity contribution in [2.45, 2.75) is 31.7 Å². The van der Waals surface area contributed by atoms with Gasteiger partial charge in [-0.1, -0.05) is 5.16 Å². The van der Waals surface area contributed by atoms with Crippen molar-refractivity contribution in [2.24, 2.45) is 0 Å². The van der Waals surface area contributed by atoms with Gasteiger partial charge in [0.05, 0.1) is 18.4 Å². The third kappa shape index (κ3) is 3.97. The molecule has 1 aromatic heterocycles. The SMILES string of the molecule is CSCc1noc(CN2CCCOC(C)C2)n1. The van der Waals surface area contributed by atoms with Gasteiger partial charge in [-0.15, -0.1) is 0 Å². The quantitative estimate of drug-likeness (QED) is 0.815. The Balaban J connectivity index is 1.89. The predicted octanol–water partition coefficient (Wildman–Crippen LogP) is 1.54. The Morgan fingerprint density at radius 3 is 3.24 bits per heavy atom. The van der Waals surface area contributed by atoms with E-state index in [9.17, 15) is 0 Å². The highest BCUT2D eigenvalue weighted by Crippen LogP contribution is 2.11. The summed E-state index contributed by atoms with van der Waals surface area (Å²) in [6.07, 6.45) is 3.38. The van der Waals surface area contributed by atoms with Crippen LogP contribution in [0.4, 0.5) is 0 Å². The number of rotatable bonds is 4. The number of nitrogens with zero attached hydrogens (tertiary/aromatic N) is 3. The van der Waals surface area contributed by atoms with E-state index in [0.29, 0.717) is 5.89 Å². The first-order valence-electron chi connectivity index (χ1n) is 5.92. The van der Waals surface area contributed by atoms with Gasteiger partial charge in [0.2, 0.25) is 5.89 Å². The molecule has 2 rings (SSSR count). The Morgan fingerprint density at radius 1 is 1.53 bits per heavy atom. The second-order valence-corrected chi connectivity index (χ2v) is 5.17. The summed E-state index contributed by atoms with van der Waals surface area (Å²) in [5.74, 6) is 2.30. The molecule has 5 nitrogen and oxygen atoms in total. The van der Waals surface area contributed by atoms with Gasteiger partial charge in [0.15, 0.2) is 5.82 Å². The van der Waals surface area contributed by atoms with Gasteiger partial charge in [0, 0.05) is 19.7 Å². The van der Waals surface area contributed by atoms with Gasteiger partial charge in [-0.25, -0.2) is 0 Å². The van der Waals surface area contributed by atoms with Crippen LogP contribution in [0, 0.1) is 0 Å². The lowest BCUT2D eigenvalue weighted by Gasteiger charge is -2.19. The van der Waals surface area contributed by atoms with E-state index in [1.165, 1.54) is 0 Å². The molecule has 0 aliphatic carbocycles. The third-order valence-corrected chi connectivity index (χ3v) is 3.23. The summed E-state index contributed by atoms with van der Waals surface area (Å²) < 4.78 is 10.8. The molecule has 96 valence electrons. The molecule has 0 saturated carbocycles. The van der Waals surface area contributed by atoms with E-state index in [0.717, 1.165) is 44.2 Å². The Labute approximate surface area is 106 Å². The van der Waals surface area contributed by atoms with Gasteiger partial charge >= 0.3 is 0 Å². The van der Waals surface area contributed by atoms with Crippen molar-refractivity contribution in [1.82, 2.24) is 15.0 Å². The minimum Gasteiger partial charge on any atom is -0.377 e. The summed E-state index contributed by atoms with van der Waals surface area (Å²) in [5, 5.41) is 3.95. The van der Waals surface area contributed by atoms with Crippen LogP contribution in [0.25, 0.3) is 0 Å². The van der Waals surface area contributed by atoms with Crippen molar-refractivity contribution >= 4 is 11.8 Å². The molecule has 17 heavy (non-hydrogen) atoms. The molecule has 0 spiro atoms. The number of ether oxygens (including phenoxy) is 1. The first-order chi connectivity index (χ1) is 8.28. The lowest BCUT2D eigenvalue weighted by Crippen LogP contribution is -2.29. The highest BCUT2D eigenvalue weighted by molar-refractivity contribution is 7.97. The van der Waals surface area contributed by atoms with Crippen molar-refractivity contribution in [3.05, 3.63) is 11.7 Å². The first-order valence-corrected chi connectivity index (χ1v) is 7.31. The van der Waals surface area contributed by atoms with Crippen LogP contribution in [0.5, 0.6) is 0 Å². The summed E-state index contributed by atoms with van der Waals surface area (Å²) in [7, 11) is 0. The van der Waals surface area contributed by atoms with Crippen LogP contribution in [-0.4, -0.2) is 47.1 Å². The first kappa shape index (κ1) is 12.9. The molecule has 6 heteroatoms. The monoisotopic (exact) mass is 257 g/mol. The lowest BCUT2D eigenvalue weighted by atomic mass is 10.3. The minimum atomic E-state index is 0.283. The lowest BCUT2D eigenvalue weighted by molar-refractivity contribution is 0.0653. The maximum atomic E-state index is 5.60. The smallest absolute Gasteiger partial charge is 0.240 e. The molecule has 0 bridgehead atoms. The molecule has 1 aliphatic rings. The molecule has 1 aromatic rings. The molecule has 1 aliphatic heterocycles. The zero-order valence-electron chi connectivity index (χ0n) is 10.4.